The summed E-state index contributed by atoms with van der Waals surface area (Å²) in [5.41, 5.74) is 1.07. The van der Waals surface area contributed by atoms with E-state index >= 15 is 0 Å². The number of carbonyl (C=O) groups is 2. The lowest BCUT2D eigenvalue weighted by Crippen LogP contribution is -2.44. The molecule has 8 heteroatoms. The summed E-state index contributed by atoms with van der Waals surface area (Å²) in [5.74, 6) is -2.01. The zero-order valence-corrected chi connectivity index (χ0v) is 18.2. The Kier molecular flexibility index (Phi) is 9.37. The summed E-state index contributed by atoms with van der Waals surface area (Å²) in [6, 6.07) is 6.05. The SMILES string of the molecule is CCCC(NC(=O)Cc1cc(F)cc(F)c1)C(=O)Nc1ccc(NC(CC)CC)cn1. The second-order valence-corrected chi connectivity index (χ2v) is 7.44. The van der Waals surface area contributed by atoms with Crippen molar-refractivity contribution in [2.24, 2.45) is 0 Å². The first-order valence-electron chi connectivity index (χ1n) is 10.6. The van der Waals surface area contributed by atoms with Crippen molar-refractivity contribution in [2.45, 2.75) is 65.0 Å². The van der Waals surface area contributed by atoms with Crippen molar-refractivity contribution in [1.82, 2.24) is 10.3 Å². The molecule has 1 unspecified atom stereocenters. The molecule has 1 heterocycles. The third kappa shape index (κ3) is 7.96. The lowest BCUT2D eigenvalue weighted by molar-refractivity contribution is -0.126. The number of nitrogens with one attached hydrogen (secondary N) is 3. The largest absolute Gasteiger partial charge is 0.381 e. The number of hydrogen-bond acceptors (Lipinski definition) is 4. The van der Waals surface area contributed by atoms with Crippen LogP contribution in [0.5, 0.6) is 0 Å². The van der Waals surface area contributed by atoms with Crippen molar-refractivity contribution in [3.63, 3.8) is 0 Å². The summed E-state index contributed by atoms with van der Waals surface area (Å²) in [7, 11) is 0. The highest BCUT2D eigenvalue weighted by Gasteiger charge is 2.21. The lowest BCUT2D eigenvalue weighted by Gasteiger charge is -2.18. The molecule has 31 heavy (non-hydrogen) atoms. The van der Waals surface area contributed by atoms with Gasteiger partial charge in [-0.2, -0.15) is 0 Å². The fourth-order valence-electron chi connectivity index (χ4n) is 3.20. The van der Waals surface area contributed by atoms with E-state index in [1.54, 1.807) is 12.3 Å². The molecule has 2 amide bonds. The summed E-state index contributed by atoms with van der Waals surface area (Å²) in [6.07, 6.45) is 4.50. The molecule has 0 spiro atoms. The fraction of sp³-hybridized carbons (Fsp3) is 0.435. The molecule has 0 aliphatic heterocycles. The molecule has 6 nitrogen and oxygen atoms in total. The van der Waals surface area contributed by atoms with Gasteiger partial charge in [0.25, 0.3) is 0 Å². The summed E-state index contributed by atoms with van der Waals surface area (Å²) in [4.78, 5) is 29.2. The number of anilines is 2. The Morgan fingerprint density at radius 1 is 1.03 bits per heavy atom. The number of hydrogen-bond donors (Lipinski definition) is 3. The van der Waals surface area contributed by atoms with Gasteiger partial charge in [-0.15, -0.1) is 0 Å². The van der Waals surface area contributed by atoms with E-state index in [1.165, 1.54) is 0 Å². The molecular formula is C23H30F2N4O2. The van der Waals surface area contributed by atoms with Gasteiger partial charge in [0.05, 0.1) is 18.3 Å². The van der Waals surface area contributed by atoms with Gasteiger partial charge in [0.15, 0.2) is 0 Å². The van der Waals surface area contributed by atoms with Gasteiger partial charge in [0.1, 0.15) is 23.5 Å². The zero-order chi connectivity index (χ0) is 22.8. The predicted molar refractivity (Wildman–Crippen MR) is 118 cm³/mol. The van der Waals surface area contributed by atoms with E-state index in [1.807, 2.05) is 13.0 Å². The highest BCUT2D eigenvalue weighted by atomic mass is 19.1. The molecule has 3 N–H and O–H groups in total. The van der Waals surface area contributed by atoms with Crippen molar-refractivity contribution in [3.8, 4) is 0 Å². The molecule has 0 aliphatic rings. The summed E-state index contributed by atoms with van der Waals surface area (Å²) in [5, 5.41) is 8.73. The number of benzene rings is 1. The zero-order valence-electron chi connectivity index (χ0n) is 18.2. The Labute approximate surface area is 181 Å². The number of rotatable bonds is 11. The second-order valence-electron chi connectivity index (χ2n) is 7.44. The molecule has 1 aromatic heterocycles. The highest BCUT2D eigenvalue weighted by molar-refractivity contribution is 5.96. The van der Waals surface area contributed by atoms with E-state index < -0.39 is 29.5 Å². The van der Waals surface area contributed by atoms with Gasteiger partial charge in [-0.25, -0.2) is 13.8 Å². The first-order chi connectivity index (χ1) is 14.8. The summed E-state index contributed by atoms with van der Waals surface area (Å²) in [6.45, 7) is 6.11. The third-order valence-corrected chi connectivity index (χ3v) is 4.89. The van der Waals surface area contributed by atoms with Crippen LogP contribution in [0.4, 0.5) is 20.3 Å². The molecule has 2 aromatic rings. The van der Waals surface area contributed by atoms with Gasteiger partial charge in [0, 0.05) is 12.1 Å². The van der Waals surface area contributed by atoms with E-state index in [9.17, 15) is 18.4 Å². The highest BCUT2D eigenvalue weighted by Crippen LogP contribution is 2.14. The second kappa shape index (κ2) is 12.0. The first-order valence-corrected chi connectivity index (χ1v) is 10.6. The smallest absolute Gasteiger partial charge is 0.248 e. The Morgan fingerprint density at radius 2 is 1.71 bits per heavy atom. The van der Waals surface area contributed by atoms with Gasteiger partial charge in [-0.05, 0) is 49.1 Å². The van der Waals surface area contributed by atoms with E-state index in [4.69, 9.17) is 0 Å². The van der Waals surface area contributed by atoms with Crippen LogP contribution in [0.1, 0.15) is 52.0 Å². The topological polar surface area (TPSA) is 83.1 Å². The summed E-state index contributed by atoms with van der Waals surface area (Å²) >= 11 is 0. The Balaban J connectivity index is 1.97. The molecule has 0 fully saturated rings. The van der Waals surface area contributed by atoms with Crippen molar-refractivity contribution in [1.29, 1.82) is 0 Å². The molecule has 168 valence electrons. The van der Waals surface area contributed by atoms with E-state index in [0.717, 1.165) is 36.7 Å². The van der Waals surface area contributed by atoms with Crippen molar-refractivity contribution in [3.05, 3.63) is 53.7 Å². The number of carbonyl (C=O) groups excluding carboxylic acids is 2. The lowest BCUT2D eigenvalue weighted by atomic mass is 10.1. The van der Waals surface area contributed by atoms with Crippen LogP contribution in [0.3, 0.4) is 0 Å². The van der Waals surface area contributed by atoms with E-state index in [-0.39, 0.29) is 12.0 Å². The van der Waals surface area contributed by atoms with Crippen molar-refractivity contribution in [2.75, 3.05) is 10.6 Å². The van der Waals surface area contributed by atoms with Gasteiger partial charge >= 0.3 is 0 Å². The van der Waals surface area contributed by atoms with Crippen LogP contribution >= 0.6 is 0 Å². The maximum Gasteiger partial charge on any atom is 0.248 e. The third-order valence-electron chi connectivity index (χ3n) is 4.89. The van der Waals surface area contributed by atoms with Gasteiger partial charge in [-0.3, -0.25) is 9.59 Å². The number of amides is 2. The maximum atomic E-state index is 13.3. The number of pyridine rings is 1. The number of halogens is 2. The molecule has 0 aliphatic carbocycles. The minimum absolute atomic E-state index is 0.202. The van der Waals surface area contributed by atoms with Crippen molar-refractivity contribution < 1.29 is 18.4 Å². The molecule has 2 rings (SSSR count). The minimum Gasteiger partial charge on any atom is -0.381 e. The minimum atomic E-state index is -0.778. The van der Waals surface area contributed by atoms with Gasteiger partial charge in [0.2, 0.25) is 11.8 Å². The molecule has 0 radical (unpaired) electrons. The van der Waals surface area contributed by atoms with E-state index in [2.05, 4.69) is 34.8 Å². The number of aromatic nitrogens is 1. The monoisotopic (exact) mass is 432 g/mol. The van der Waals surface area contributed by atoms with Crippen LogP contribution < -0.4 is 16.0 Å². The molecule has 0 saturated carbocycles. The average molecular weight is 433 g/mol. The van der Waals surface area contributed by atoms with E-state index in [0.29, 0.717) is 24.7 Å². The summed E-state index contributed by atoms with van der Waals surface area (Å²) < 4.78 is 26.6. The Hall–Kier alpha value is -3.03. The molecule has 1 atom stereocenters. The normalized spacial score (nSPS) is 11.8. The van der Waals surface area contributed by atoms with Gasteiger partial charge in [-0.1, -0.05) is 27.2 Å². The number of nitrogens with zero attached hydrogens (tertiary/aromatic N) is 1. The van der Waals surface area contributed by atoms with Crippen LogP contribution in [0.25, 0.3) is 0 Å². The standard InChI is InChI=1S/C23H30F2N4O2/c1-4-7-20(28-22(30)12-15-10-16(24)13-17(25)11-15)23(31)29-21-9-8-19(14-26-21)27-18(5-2)6-3/h8-11,13-14,18,20,27H,4-7,12H2,1-3H3,(H,28,30)(H,26,29,31). The Morgan fingerprint density at radius 3 is 2.26 bits per heavy atom. The maximum absolute atomic E-state index is 13.3. The van der Waals surface area contributed by atoms with Crippen LogP contribution in [-0.4, -0.2) is 28.9 Å². The molecule has 0 bridgehead atoms. The average Bonchev–Trinajstić information content (AvgIpc) is 2.72. The predicted octanol–water partition coefficient (Wildman–Crippen LogP) is 4.43. The Bertz CT molecular complexity index is 850. The van der Waals surface area contributed by atoms with Crippen LogP contribution in [0, 0.1) is 11.6 Å². The fourth-order valence-corrected chi connectivity index (χ4v) is 3.20. The van der Waals surface area contributed by atoms with Crippen molar-refractivity contribution >= 4 is 23.3 Å². The van der Waals surface area contributed by atoms with Gasteiger partial charge < -0.3 is 16.0 Å². The van der Waals surface area contributed by atoms with Crippen LogP contribution in [0.2, 0.25) is 0 Å². The molecular weight excluding hydrogens is 402 g/mol. The molecule has 0 saturated heterocycles. The van der Waals surface area contributed by atoms with Crippen LogP contribution in [0.15, 0.2) is 36.5 Å². The quantitative estimate of drug-likeness (QED) is 0.491. The first kappa shape index (κ1) is 24.2. The molecule has 1 aromatic carbocycles. The van der Waals surface area contributed by atoms with Crippen LogP contribution in [-0.2, 0) is 16.0 Å².